The molecule has 0 heterocycles. The van der Waals surface area contributed by atoms with Gasteiger partial charge in [0.25, 0.3) is 0 Å². The summed E-state index contributed by atoms with van der Waals surface area (Å²) < 4.78 is 0. The van der Waals surface area contributed by atoms with Crippen LogP contribution in [0.25, 0.3) is 6.08 Å². The molecule has 0 aliphatic heterocycles. The van der Waals surface area contributed by atoms with E-state index in [9.17, 15) is 24.9 Å². The van der Waals surface area contributed by atoms with Gasteiger partial charge in [-0.15, -0.1) is 0 Å². The highest BCUT2D eigenvalue weighted by atomic mass is 16.3. The molecule has 3 N–H and O–H groups in total. The average Bonchev–Trinajstić information content (AvgIpc) is 2.45. The number of aromatic hydroxyl groups is 1. The van der Waals surface area contributed by atoms with Crippen molar-refractivity contribution in [1.82, 2.24) is 0 Å². The minimum absolute atomic E-state index is 0.0342. The Morgan fingerprint density at radius 3 is 2.17 bits per heavy atom. The second-order valence-electron chi connectivity index (χ2n) is 6.07. The van der Waals surface area contributed by atoms with Crippen LogP contribution in [0.1, 0.15) is 32.3 Å². The van der Waals surface area contributed by atoms with E-state index in [4.69, 9.17) is 0 Å². The van der Waals surface area contributed by atoms with Crippen molar-refractivity contribution in [1.29, 1.82) is 0 Å². The second-order valence-corrected chi connectivity index (χ2v) is 6.07. The second kappa shape index (κ2) is 6.10. The maximum atomic E-state index is 11.7. The van der Waals surface area contributed by atoms with Crippen molar-refractivity contribution < 1.29 is 24.9 Å². The van der Waals surface area contributed by atoms with E-state index in [-0.39, 0.29) is 18.6 Å². The third-order valence-electron chi connectivity index (χ3n) is 4.13. The van der Waals surface area contributed by atoms with E-state index < -0.39 is 22.8 Å². The van der Waals surface area contributed by atoms with Gasteiger partial charge in [0.15, 0.2) is 11.6 Å². The van der Waals surface area contributed by atoms with Gasteiger partial charge in [0, 0.05) is 12.8 Å². The van der Waals surface area contributed by atoms with Gasteiger partial charge >= 0.3 is 0 Å². The Balaban J connectivity index is 2.35. The van der Waals surface area contributed by atoms with Gasteiger partial charge in [-0.1, -0.05) is 24.3 Å². The zero-order chi connectivity index (χ0) is 17.3. The van der Waals surface area contributed by atoms with Gasteiger partial charge in [0.2, 0.25) is 0 Å². The first-order valence-corrected chi connectivity index (χ1v) is 7.30. The summed E-state index contributed by atoms with van der Waals surface area (Å²) in [6.45, 7) is 2.47. The maximum absolute atomic E-state index is 11.7. The number of aliphatic hydroxyl groups is 2. The van der Waals surface area contributed by atoms with Crippen LogP contribution in [-0.2, 0) is 9.59 Å². The van der Waals surface area contributed by atoms with E-state index in [1.165, 1.54) is 32.1 Å². The lowest BCUT2D eigenvalue weighted by atomic mass is 9.73. The smallest absolute Gasteiger partial charge is 0.165 e. The van der Waals surface area contributed by atoms with Crippen LogP contribution in [-0.4, -0.2) is 38.1 Å². The molecule has 0 bridgehead atoms. The number of Topliss-reactive ketones (excluding diaryl/α,β-unsaturated/α-hetero) is 2. The lowest BCUT2D eigenvalue weighted by molar-refractivity contribution is -0.148. The highest BCUT2D eigenvalue weighted by Gasteiger charge is 2.47. The number of phenols is 1. The fourth-order valence-corrected chi connectivity index (χ4v) is 2.63. The first-order chi connectivity index (χ1) is 10.6. The molecule has 0 spiro atoms. The molecule has 5 nitrogen and oxygen atoms in total. The summed E-state index contributed by atoms with van der Waals surface area (Å²) in [7, 11) is 0. The molecule has 23 heavy (non-hydrogen) atoms. The summed E-state index contributed by atoms with van der Waals surface area (Å²) in [5.41, 5.74) is -2.32. The number of carbonyl (C=O) groups excluding carboxylic acids is 2. The van der Waals surface area contributed by atoms with Crippen molar-refractivity contribution in [2.45, 2.75) is 37.9 Å². The summed E-state index contributed by atoms with van der Waals surface area (Å²) in [5, 5.41) is 30.2. The van der Waals surface area contributed by atoms with Crippen molar-refractivity contribution in [2.24, 2.45) is 0 Å². The highest BCUT2D eigenvalue weighted by Crippen LogP contribution is 2.36. The lowest BCUT2D eigenvalue weighted by Crippen LogP contribution is -2.51. The van der Waals surface area contributed by atoms with Gasteiger partial charge < -0.3 is 15.3 Å². The molecule has 1 aliphatic rings. The Hall–Kier alpha value is -2.24. The minimum Gasteiger partial charge on any atom is -0.508 e. The highest BCUT2D eigenvalue weighted by molar-refractivity contribution is 5.92. The third kappa shape index (κ3) is 3.75. The van der Waals surface area contributed by atoms with E-state index in [0.29, 0.717) is 5.57 Å². The first-order valence-electron chi connectivity index (χ1n) is 7.30. The van der Waals surface area contributed by atoms with E-state index in [0.717, 1.165) is 5.56 Å². The van der Waals surface area contributed by atoms with Crippen molar-refractivity contribution >= 4 is 17.6 Å². The summed E-state index contributed by atoms with van der Waals surface area (Å²) in [6.07, 6.45) is 4.46. The van der Waals surface area contributed by atoms with E-state index in [2.05, 4.69) is 0 Å². The maximum Gasteiger partial charge on any atom is 0.165 e. The molecule has 1 aliphatic carbocycles. The molecule has 0 fully saturated rings. The van der Waals surface area contributed by atoms with Gasteiger partial charge in [0.1, 0.15) is 17.0 Å². The number of hydrogen-bond acceptors (Lipinski definition) is 5. The van der Waals surface area contributed by atoms with Crippen molar-refractivity contribution in [3.05, 3.63) is 47.6 Å². The van der Waals surface area contributed by atoms with Crippen LogP contribution in [0.3, 0.4) is 0 Å². The van der Waals surface area contributed by atoms with Gasteiger partial charge in [-0.05, 0) is 43.2 Å². The Kier molecular flexibility index (Phi) is 4.54. The zero-order valence-corrected chi connectivity index (χ0v) is 13.1. The number of carbonyl (C=O) groups is 2. The summed E-state index contributed by atoms with van der Waals surface area (Å²) >= 11 is 0. The summed E-state index contributed by atoms with van der Waals surface area (Å²) in [5.74, 6) is -0.857. The van der Waals surface area contributed by atoms with E-state index in [1.807, 2.05) is 0 Å². The van der Waals surface area contributed by atoms with Gasteiger partial charge in [-0.2, -0.15) is 0 Å². The molecule has 5 heteroatoms. The van der Waals surface area contributed by atoms with Crippen LogP contribution in [0.5, 0.6) is 5.75 Å². The third-order valence-corrected chi connectivity index (χ3v) is 4.13. The van der Waals surface area contributed by atoms with Crippen molar-refractivity contribution in [3.8, 4) is 5.75 Å². The molecule has 2 unspecified atom stereocenters. The Bertz CT molecular complexity index is 686. The topological polar surface area (TPSA) is 94.8 Å². The Labute approximate surface area is 134 Å². The van der Waals surface area contributed by atoms with Gasteiger partial charge in [-0.25, -0.2) is 0 Å². The van der Waals surface area contributed by atoms with Crippen LogP contribution in [0, 0.1) is 0 Å². The van der Waals surface area contributed by atoms with E-state index in [1.54, 1.807) is 24.3 Å². The molecule has 0 amide bonds. The molecule has 2 rings (SSSR count). The van der Waals surface area contributed by atoms with Crippen LogP contribution in [0.4, 0.5) is 0 Å². The molecule has 122 valence electrons. The zero-order valence-electron chi connectivity index (χ0n) is 13.1. The van der Waals surface area contributed by atoms with E-state index >= 15 is 0 Å². The number of hydrogen-bond donors (Lipinski definition) is 3. The minimum atomic E-state index is -1.85. The first kappa shape index (κ1) is 17.1. The van der Waals surface area contributed by atoms with Crippen LogP contribution in [0.2, 0.25) is 0 Å². The Morgan fingerprint density at radius 1 is 1.04 bits per heavy atom. The van der Waals surface area contributed by atoms with Crippen molar-refractivity contribution in [2.75, 3.05) is 0 Å². The van der Waals surface area contributed by atoms with Crippen LogP contribution < -0.4 is 0 Å². The predicted octanol–water partition coefficient (Wildman–Crippen LogP) is 1.77. The molecule has 0 saturated heterocycles. The molecule has 0 saturated carbocycles. The number of phenolic OH excluding ortho intramolecular Hbond substituents is 1. The van der Waals surface area contributed by atoms with Gasteiger partial charge in [-0.3, -0.25) is 9.59 Å². The monoisotopic (exact) mass is 316 g/mol. The Morgan fingerprint density at radius 2 is 1.65 bits per heavy atom. The van der Waals surface area contributed by atoms with Crippen LogP contribution >= 0.6 is 0 Å². The fourth-order valence-electron chi connectivity index (χ4n) is 2.63. The van der Waals surface area contributed by atoms with Gasteiger partial charge in [0.05, 0.1) is 0 Å². The fraction of sp³-hybridized carbons (Fsp3) is 0.333. The largest absolute Gasteiger partial charge is 0.508 e. The lowest BCUT2D eigenvalue weighted by Gasteiger charge is -2.37. The molecule has 1 aromatic carbocycles. The standard InChI is InChI=1S/C18H20O5/c1-12(19)17(22)9-15(10-18(23,11-17)13(2)20)4-3-14-5-7-16(21)8-6-14/h3-9,21-23H,10-11H2,1-2H3. The van der Waals surface area contributed by atoms with Crippen molar-refractivity contribution in [3.63, 3.8) is 0 Å². The predicted molar refractivity (Wildman–Crippen MR) is 85.7 cm³/mol. The average molecular weight is 316 g/mol. The molecule has 0 radical (unpaired) electrons. The number of rotatable bonds is 4. The summed E-state index contributed by atoms with van der Waals surface area (Å²) in [6, 6.07) is 6.46. The molecular weight excluding hydrogens is 296 g/mol. The number of allylic oxidation sites excluding steroid dienone is 1. The molecular formula is C18H20O5. The summed E-state index contributed by atoms with van der Waals surface area (Å²) in [4.78, 5) is 23.5. The number of benzene rings is 1. The van der Waals surface area contributed by atoms with Crippen LogP contribution in [0.15, 0.2) is 42.0 Å². The molecule has 0 aromatic heterocycles. The SMILES string of the molecule is CC(=O)C1(O)C=C(C=Cc2ccc(O)cc2)CC(O)(C(C)=O)C1. The molecule has 1 aromatic rings. The molecule has 2 atom stereocenters. The number of ketones is 2. The quantitative estimate of drug-likeness (QED) is 0.787. The normalized spacial score (nSPS) is 27.7.